The van der Waals surface area contributed by atoms with Crippen LogP contribution in [0.5, 0.6) is 0 Å². The first-order chi connectivity index (χ1) is 4.74. The van der Waals surface area contributed by atoms with Gasteiger partial charge in [0.1, 0.15) is 0 Å². The minimum absolute atomic E-state index is 0.0764. The van der Waals surface area contributed by atoms with E-state index in [1.54, 1.807) is 0 Å². The van der Waals surface area contributed by atoms with Crippen LogP contribution in [0.3, 0.4) is 0 Å². The Kier molecular flexibility index (Phi) is 1.94. The summed E-state index contributed by atoms with van der Waals surface area (Å²) in [6, 6.07) is -0.0764. The van der Waals surface area contributed by atoms with Crippen LogP contribution in [0.1, 0.15) is 12.8 Å². The van der Waals surface area contributed by atoms with Crippen LogP contribution in [0.15, 0.2) is 17.3 Å². The zero-order chi connectivity index (χ0) is 7.56. The van der Waals surface area contributed by atoms with Gasteiger partial charge in [-0.3, -0.25) is 0 Å². The van der Waals surface area contributed by atoms with Gasteiger partial charge in [0.2, 0.25) is 0 Å². The van der Waals surface area contributed by atoms with Gasteiger partial charge in [-0.1, -0.05) is 11.7 Å². The lowest BCUT2D eigenvalue weighted by Crippen LogP contribution is -2.02. The van der Waals surface area contributed by atoms with E-state index < -0.39 is 6.10 Å². The Labute approximate surface area is 58.8 Å². The van der Waals surface area contributed by atoms with Crippen molar-refractivity contribution in [1.82, 2.24) is 0 Å². The Morgan fingerprint density at radius 2 is 2.50 bits per heavy atom. The van der Waals surface area contributed by atoms with Gasteiger partial charge in [0, 0.05) is 11.0 Å². The highest BCUT2D eigenvalue weighted by molar-refractivity contribution is 5.11. The molecule has 0 amide bonds. The summed E-state index contributed by atoms with van der Waals surface area (Å²) in [5, 5.41) is 12.6. The van der Waals surface area contributed by atoms with Crippen molar-refractivity contribution in [3.8, 4) is 0 Å². The van der Waals surface area contributed by atoms with Crippen LogP contribution in [0.4, 0.5) is 0 Å². The molecule has 0 radical (unpaired) electrons. The average Bonchev–Trinajstić information content (AvgIpc) is 2.14. The molecule has 1 rings (SSSR count). The van der Waals surface area contributed by atoms with E-state index >= 15 is 0 Å². The van der Waals surface area contributed by atoms with Crippen molar-refractivity contribution in [2.45, 2.75) is 25.0 Å². The molecule has 1 aliphatic rings. The lowest BCUT2D eigenvalue weighted by atomic mass is 10.2. The normalized spacial score (nSPS) is 31.9. The van der Waals surface area contributed by atoms with E-state index in [0.29, 0.717) is 12.8 Å². The van der Waals surface area contributed by atoms with Gasteiger partial charge < -0.3 is 5.11 Å². The van der Waals surface area contributed by atoms with Gasteiger partial charge in [-0.25, -0.2) is 0 Å². The maximum absolute atomic E-state index is 9.11. The van der Waals surface area contributed by atoms with Gasteiger partial charge >= 0.3 is 0 Å². The summed E-state index contributed by atoms with van der Waals surface area (Å²) in [6.07, 6.45) is 0.698. The standard InChI is InChI=1S/C6H9N3O/c1-4-2-5(8-9-7)3-6(4)10/h5-6,10H,1-3H2. The van der Waals surface area contributed by atoms with E-state index in [9.17, 15) is 0 Å². The summed E-state index contributed by atoms with van der Waals surface area (Å²) in [5.41, 5.74) is 8.82. The van der Waals surface area contributed by atoms with E-state index in [-0.39, 0.29) is 6.04 Å². The van der Waals surface area contributed by atoms with Crippen molar-refractivity contribution in [2.24, 2.45) is 5.11 Å². The molecule has 10 heavy (non-hydrogen) atoms. The summed E-state index contributed by atoms with van der Waals surface area (Å²) < 4.78 is 0. The molecule has 4 heteroatoms. The van der Waals surface area contributed by atoms with E-state index in [0.717, 1.165) is 5.57 Å². The molecule has 0 aliphatic heterocycles. The molecule has 0 aromatic carbocycles. The smallest absolute Gasteiger partial charge is 0.0751 e. The first-order valence-corrected chi connectivity index (χ1v) is 3.14. The number of nitrogens with zero attached hydrogens (tertiary/aromatic N) is 3. The molecule has 1 fully saturated rings. The largest absolute Gasteiger partial charge is 0.389 e. The third kappa shape index (κ3) is 1.29. The van der Waals surface area contributed by atoms with Crippen molar-refractivity contribution < 1.29 is 5.11 Å². The lowest BCUT2D eigenvalue weighted by molar-refractivity contribution is 0.215. The van der Waals surface area contributed by atoms with Gasteiger partial charge in [-0.2, -0.15) is 0 Å². The lowest BCUT2D eigenvalue weighted by Gasteiger charge is -1.97. The van der Waals surface area contributed by atoms with Crippen molar-refractivity contribution in [1.29, 1.82) is 0 Å². The van der Waals surface area contributed by atoms with Crippen LogP contribution in [0, 0.1) is 0 Å². The highest BCUT2D eigenvalue weighted by atomic mass is 16.3. The molecular weight excluding hydrogens is 130 g/mol. The van der Waals surface area contributed by atoms with E-state index in [4.69, 9.17) is 10.6 Å². The third-order valence-electron chi connectivity index (χ3n) is 1.68. The molecule has 54 valence electrons. The topological polar surface area (TPSA) is 69.0 Å². The van der Waals surface area contributed by atoms with Crippen molar-refractivity contribution in [3.05, 3.63) is 22.6 Å². The second-order valence-electron chi connectivity index (χ2n) is 2.47. The fraction of sp³-hybridized carbons (Fsp3) is 0.667. The zero-order valence-electron chi connectivity index (χ0n) is 5.56. The molecule has 0 saturated heterocycles. The van der Waals surface area contributed by atoms with Crippen LogP contribution in [0.25, 0.3) is 10.4 Å². The molecule has 4 nitrogen and oxygen atoms in total. The summed E-state index contributed by atoms with van der Waals surface area (Å²) in [6.45, 7) is 3.63. The maximum Gasteiger partial charge on any atom is 0.0751 e. The highest BCUT2D eigenvalue weighted by Gasteiger charge is 2.24. The van der Waals surface area contributed by atoms with E-state index in [1.807, 2.05) is 0 Å². The molecule has 1 N–H and O–H groups in total. The number of hydrogen-bond donors (Lipinski definition) is 1. The van der Waals surface area contributed by atoms with Crippen molar-refractivity contribution in [2.75, 3.05) is 0 Å². The molecule has 2 unspecified atom stereocenters. The Hall–Kier alpha value is -0.990. The van der Waals surface area contributed by atoms with Gasteiger partial charge in [0.05, 0.1) is 6.10 Å². The highest BCUT2D eigenvalue weighted by Crippen LogP contribution is 2.25. The predicted octanol–water partition coefficient (Wildman–Crippen LogP) is 1.38. The second kappa shape index (κ2) is 2.73. The minimum Gasteiger partial charge on any atom is -0.389 e. The van der Waals surface area contributed by atoms with Crippen LogP contribution in [0.2, 0.25) is 0 Å². The summed E-state index contributed by atoms with van der Waals surface area (Å²) in [7, 11) is 0. The minimum atomic E-state index is -0.463. The first kappa shape index (κ1) is 7.12. The molecule has 0 aromatic heterocycles. The monoisotopic (exact) mass is 139 g/mol. The first-order valence-electron chi connectivity index (χ1n) is 3.14. The molecular formula is C6H9N3O. The van der Waals surface area contributed by atoms with Crippen LogP contribution >= 0.6 is 0 Å². The van der Waals surface area contributed by atoms with E-state index in [1.165, 1.54) is 0 Å². The quantitative estimate of drug-likeness (QED) is 0.253. The Morgan fingerprint density at radius 3 is 2.90 bits per heavy atom. The second-order valence-corrected chi connectivity index (χ2v) is 2.47. The van der Waals surface area contributed by atoms with Crippen LogP contribution in [-0.2, 0) is 0 Å². The number of rotatable bonds is 1. The molecule has 2 atom stereocenters. The molecule has 0 heterocycles. The van der Waals surface area contributed by atoms with Crippen LogP contribution in [-0.4, -0.2) is 17.3 Å². The molecule has 1 saturated carbocycles. The molecule has 0 spiro atoms. The predicted molar refractivity (Wildman–Crippen MR) is 37.3 cm³/mol. The SMILES string of the molecule is C=C1CC(N=[N+]=[N-])CC1O. The molecule has 0 aromatic rings. The average molecular weight is 139 g/mol. The Bertz CT molecular complexity index is 195. The van der Waals surface area contributed by atoms with Gasteiger partial charge in [0.25, 0.3) is 0 Å². The van der Waals surface area contributed by atoms with Crippen LogP contribution < -0.4 is 0 Å². The molecule has 0 bridgehead atoms. The van der Waals surface area contributed by atoms with Crippen molar-refractivity contribution >= 4 is 0 Å². The fourth-order valence-electron chi connectivity index (χ4n) is 1.11. The van der Waals surface area contributed by atoms with E-state index in [2.05, 4.69) is 16.6 Å². The number of hydrogen-bond acceptors (Lipinski definition) is 2. The Balaban J connectivity index is 2.57. The number of azide groups is 1. The zero-order valence-corrected chi connectivity index (χ0v) is 5.56. The van der Waals surface area contributed by atoms with Crippen molar-refractivity contribution in [3.63, 3.8) is 0 Å². The maximum atomic E-state index is 9.11. The third-order valence-corrected chi connectivity index (χ3v) is 1.68. The Morgan fingerprint density at radius 1 is 1.80 bits per heavy atom. The molecule has 1 aliphatic carbocycles. The fourth-order valence-corrected chi connectivity index (χ4v) is 1.11. The van der Waals surface area contributed by atoms with Gasteiger partial charge in [-0.05, 0) is 23.9 Å². The van der Waals surface area contributed by atoms with Gasteiger partial charge in [-0.15, -0.1) is 0 Å². The number of aliphatic hydroxyl groups excluding tert-OH is 1. The summed E-state index contributed by atoms with van der Waals surface area (Å²) >= 11 is 0. The summed E-state index contributed by atoms with van der Waals surface area (Å²) in [4.78, 5) is 2.66. The number of aliphatic hydroxyl groups is 1. The van der Waals surface area contributed by atoms with Gasteiger partial charge in [0.15, 0.2) is 0 Å². The summed E-state index contributed by atoms with van der Waals surface area (Å²) in [5.74, 6) is 0.